The molecule has 134 valence electrons. The number of carbonyl (C=O) groups excluding carboxylic acids is 1. The zero-order chi connectivity index (χ0) is 18.5. The Hall–Kier alpha value is -2.79. The van der Waals surface area contributed by atoms with Gasteiger partial charge in [-0.25, -0.2) is 4.98 Å². The van der Waals surface area contributed by atoms with Crippen molar-refractivity contribution in [2.24, 2.45) is 7.05 Å². The first-order valence-electron chi connectivity index (χ1n) is 8.25. The smallest absolute Gasteiger partial charge is 0.258 e. The van der Waals surface area contributed by atoms with Crippen LogP contribution in [0.5, 0.6) is 5.75 Å². The van der Waals surface area contributed by atoms with Crippen molar-refractivity contribution < 1.29 is 9.53 Å². The predicted molar refractivity (Wildman–Crippen MR) is 101 cm³/mol. The van der Waals surface area contributed by atoms with E-state index in [-0.39, 0.29) is 18.6 Å². The lowest BCUT2D eigenvalue weighted by atomic mass is 10.1. The summed E-state index contributed by atoms with van der Waals surface area (Å²) in [6.07, 6.45) is 3.54. The van der Waals surface area contributed by atoms with Gasteiger partial charge in [0, 0.05) is 24.5 Å². The molecule has 0 spiro atoms. The number of hydrogen-bond acceptors (Lipinski definition) is 3. The number of ether oxygens (including phenoxy) is 1. The first-order chi connectivity index (χ1) is 12.5. The summed E-state index contributed by atoms with van der Waals surface area (Å²) >= 11 is 5.98. The van der Waals surface area contributed by atoms with Crippen LogP contribution in [0.25, 0.3) is 0 Å². The lowest BCUT2D eigenvalue weighted by Gasteiger charge is -2.19. The van der Waals surface area contributed by atoms with Crippen LogP contribution in [-0.2, 0) is 11.8 Å². The van der Waals surface area contributed by atoms with E-state index in [1.54, 1.807) is 18.3 Å². The first kappa shape index (κ1) is 18.0. The summed E-state index contributed by atoms with van der Waals surface area (Å²) in [6, 6.07) is 14.6. The fourth-order valence-electron chi connectivity index (χ4n) is 2.67. The highest BCUT2D eigenvalue weighted by atomic mass is 35.5. The molecule has 26 heavy (non-hydrogen) atoms. The summed E-state index contributed by atoms with van der Waals surface area (Å²) in [5, 5.41) is 3.64. The van der Waals surface area contributed by atoms with Gasteiger partial charge in [0.25, 0.3) is 5.91 Å². The summed E-state index contributed by atoms with van der Waals surface area (Å²) in [4.78, 5) is 16.9. The Balaban J connectivity index is 1.75. The van der Waals surface area contributed by atoms with Gasteiger partial charge in [-0.3, -0.25) is 4.79 Å². The van der Waals surface area contributed by atoms with Gasteiger partial charge in [-0.1, -0.05) is 41.9 Å². The van der Waals surface area contributed by atoms with Gasteiger partial charge in [0.15, 0.2) is 6.61 Å². The van der Waals surface area contributed by atoms with E-state index in [4.69, 9.17) is 16.3 Å². The Morgan fingerprint density at radius 3 is 2.62 bits per heavy atom. The number of nitrogens with zero attached hydrogens (tertiary/aromatic N) is 2. The number of hydrogen-bond donors (Lipinski definition) is 1. The highest BCUT2D eigenvalue weighted by molar-refractivity contribution is 6.30. The van der Waals surface area contributed by atoms with E-state index in [2.05, 4.69) is 10.3 Å². The molecule has 0 aliphatic heterocycles. The van der Waals surface area contributed by atoms with Crippen LogP contribution < -0.4 is 10.1 Å². The largest absolute Gasteiger partial charge is 0.484 e. The van der Waals surface area contributed by atoms with E-state index in [1.807, 2.05) is 61.1 Å². The lowest BCUT2D eigenvalue weighted by molar-refractivity contribution is -0.123. The predicted octanol–water partition coefficient (Wildman–Crippen LogP) is 3.67. The Kier molecular flexibility index (Phi) is 5.58. The van der Waals surface area contributed by atoms with Crippen LogP contribution in [0, 0.1) is 6.92 Å². The standard InChI is InChI=1S/C20H20ClN3O2/c1-14-5-3-4-6-17(14)26-13-18(25)23-19(20-22-11-12-24(20)2)15-7-9-16(21)10-8-15/h3-12,19H,13H2,1-2H3,(H,23,25)/t19-/m1/s1. The summed E-state index contributed by atoms with van der Waals surface area (Å²) in [5.41, 5.74) is 1.88. The van der Waals surface area contributed by atoms with Gasteiger partial charge >= 0.3 is 0 Å². The Morgan fingerprint density at radius 1 is 1.23 bits per heavy atom. The average molecular weight is 370 g/mol. The van der Waals surface area contributed by atoms with Gasteiger partial charge in [0.05, 0.1) is 0 Å². The summed E-state index contributed by atoms with van der Waals surface area (Å²) in [5.74, 6) is 1.20. The molecule has 2 aromatic carbocycles. The molecule has 0 aliphatic rings. The van der Waals surface area contributed by atoms with Gasteiger partial charge in [0.2, 0.25) is 0 Å². The molecule has 3 aromatic rings. The maximum atomic E-state index is 12.5. The Labute approximate surface area is 157 Å². The molecule has 1 atom stereocenters. The maximum absolute atomic E-state index is 12.5. The number of para-hydroxylation sites is 1. The minimum Gasteiger partial charge on any atom is -0.484 e. The van der Waals surface area contributed by atoms with Crippen molar-refractivity contribution in [2.45, 2.75) is 13.0 Å². The fraction of sp³-hybridized carbons (Fsp3) is 0.200. The van der Waals surface area contributed by atoms with Crippen LogP contribution >= 0.6 is 11.6 Å². The van der Waals surface area contributed by atoms with Crippen LogP contribution in [-0.4, -0.2) is 22.1 Å². The van der Waals surface area contributed by atoms with Gasteiger partial charge < -0.3 is 14.6 Å². The number of halogens is 1. The Morgan fingerprint density at radius 2 is 1.96 bits per heavy atom. The summed E-state index contributed by atoms with van der Waals surface area (Å²) in [7, 11) is 1.89. The molecule has 0 aliphatic carbocycles. The number of amides is 1. The zero-order valence-electron chi connectivity index (χ0n) is 14.6. The van der Waals surface area contributed by atoms with E-state index in [0.29, 0.717) is 10.8 Å². The quantitative estimate of drug-likeness (QED) is 0.721. The van der Waals surface area contributed by atoms with Crippen LogP contribution in [0.3, 0.4) is 0 Å². The third-order valence-corrected chi connectivity index (χ3v) is 4.33. The lowest BCUT2D eigenvalue weighted by Crippen LogP contribution is -2.34. The molecule has 0 radical (unpaired) electrons. The molecule has 1 aromatic heterocycles. The monoisotopic (exact) mass is 369 g/mol. The van der Waals surface area contributed by atoms with Crippen LogP contribution in [0.2, 0.25) is 5.02 Å². The molecule has 3 rings (SSSR count). The van der Waals surface area contributed by atoms with Crippen molar-refractivity contribution in [3.8, 4) is 5.75 Å². The molecule has 6 heteroatoms. The van der Waals surface area contributed by atoms with E-state index >= 15 is 0 Å². The van der Waals surface area contributed by atoms with Crippen molar-refractivity contribution in [3.63, 3.8) is 0 Å². The SMILES string of the molecule is Cc1ccccc1OCC(=O)N[C@H](c1ccc(Cl)cc1)c1nccn1C. The normalized spacial score (nSPS) is 11.8. The number of nitrogens with one attached hydrogen (secondary N) is 1. The number of rotatable bonds is 6. The van der Waals surface area contributed by atoms with Gasteiger partial charge in [-0.05, 0) is 36.2 Å². The highest BCUT2D eigenvalue weighted by Crippen LogP contribution is 2.22. The second-order valence-corrected chi connectivity index (χ2v) is 6.44. The minimum absolute atomic E-state index is 0.0701. The summed E-state index contributed by atoms with van der Waals surface area (Å²) in [6.45, 7) is 1.87. The topological polar surface area (TPSA) is 56.1 Å². The number of aromatic nitrogens is 2. The molecule has 0 fully saturated rings. The number of carbonyl (C=O) groups is 1. The molecule has 1 heterocycles. The molecular weight excluding hydrogens is 350 g/mol. The van der Waals surface area contributed by atoms with Crippen molar-refractivity contribution in [1.29, 1.82) is 0 Å². The van der Waals surface area contributed by atoms with E-state index < -0.39 is 0 Å². The van der Waals surface area contributed by atoms with E-state index in [1.165, 1.54) is 0 Å². The van der Waals surface area contributed by atoms with Gasteiger partial charge in [-0.2, -0.15) is 0 Å². The molecule has 0 bridgehead atoms. The maximum Gasteiger partial charge on any atom is 0.258 e. The second kappa shape index (κ2) is 8.06. The van der Waals surface area contributed by atoms with Crippen molar-refractivity contribution in [3.05, 3.63) is 82.9 Å². The second-order valence-electron chi connectivity index (χ2n) is 6.00. The molecule has 0 saturated carbocycles. The van der Waals surface area contributed by atoms with Crippen molar-refractivity contribution in [1.82, 2.24) is 14.9 Å². The first-order valence-corrected chi connectivity index (χ1v) is 8.63. The molecule has 1 amide bonds. The minimum atomic E-state index is -0.389. The number of benzene rings is 2. The molecular formula is C20H20ClN3O2. The van der Waals surface area contributed by atoms with Gasteiger partial charge in [0.1, 0.15) is 17.6 Å². The zero-order valence-corrected chi connectivity index (χ0v) is 15.4. The van der Waals surface area contributed by atoms with Gasteiger partial charge in [-0.15, -0.1) is 0 Å². The molecule has 0 saturated heterocycles. The van der Waals surface area contributed by atoms with E-state index in [0.717, 1.165) is 17.0 Å². The average Bonchev–Trinajstić information content (AvgIpc) is 3.05. The Bertz CT molecular complexity index is 890. The van der Waals surface area contributed by atoms with Crippen molar-refractivity contribution in [2.75, 3.05) is 6.61 Å². The van der Waals surface area contributed by atoms with E-state index in [9.17, 15) is 4.79 Å². The van der Waals surface area contributed by atoms with Crippen LogP contribution in [0.4, 0.5) is 0 Å². The number of aryl methyl sites for hydroxylation is 2. The third-order valence-electron chi connectivity index (χ3n) is 4.08. The van der Waals surface area contributed by atoms with Crippen LogP contribution in [0.1, 0.15) is 23.0 Å². The fourth-order valence-corrected chi connectivity index (χ4v) is 2.80. The molecule has 0 unspecified atom stereocenters. The van der Waals surface area contributed by atoms with Crippen LogP contribution in [0.15, 0.2) is 60.9 Å². The van der Waals surface area contributed by atoms with Crippen molar-refractivity contribution >= 4 is 17.5 Å². The summed E-state index contributed by atoms with van der Waals surface area (Å²) < 4.78 is 7.52. The number of imidazole rings is 1. The molecule has 5 nitrogen and oxygen atoms in total. The third kappa shape index (κ3) is 4.24. The molecule has 1 N–H and O–H groups in total. The highest BCUT2D eigenvalue weighted by Gasteiger charge is 2.21.